The SMILES string of the molecule is CC/C=C\C/C=C\C/C=C\C/C=C\CCCCCCCCCCCCCCCCC(=O)OCC(COC(=O)CCCCCCC)OC(=O)CCCCCCCCCCC/C=C\CCCCCCCC. The normalized spacial score (nSPS) is 12.4. The second-order valence-corrected chi connectivity index (χ2v) is 19.9. The first-order chi connectivity index (χ1) is 34.0. The number of esters is 3. The summed E-state index contributed by atoms with van der Waals surface area (Å²) >= 11 is 0. The predicted molar refractivity (Wildman–Crippen MR) is 298 cm³/mol. The van der Waals surface area contributed by atoms with Crippen molar-refractivity contribution in [2.24, 2.45) is 0 Å². The van der Waals surface area contributed by atoms with E-state index in [9.17, 15) is 14.4 Å². The van der Waals surface area contributed by atoms with Crippen molar-refractivity contribution in [1.29, 1.82) is 0 Å². The summed E-state index contributed by atoms with van der Waals surface area (Å²) in [5.74, 6) is -0.878. The van der Waals surface area contributed by atoms with E-state index >= 15 is 0 Å². The van der Waals surface area contributed by atoms with Crippen LogP contribution in [0.25, 0.3) is 0 Å². The van der Waals surface area contributed by atoms with Crippen LogP contribution in [0.15, 0.2) is 60.8 Å². The summed E-state index contributed by atoms with van der Waals surface area (Å²) in [6.45, 7) is 6.47. The van der Waals surface area contributed by atoms with Crippen molar-refractivity contribution < 1.29 is 28.6 Å². The van der Waals surface area contributed by atoms with Crippen molar-refractivity contribution in [3.63, 3.8) is 0 Å². The number of ether oxygens (including phenoxy) is 3. The molecule has 0 aromatic heterocycles. The van der Waals surface area contributed by atoms with Crippen molar-refractivity contribution in [2.75, 3.05) is 13.2 Å². The Bertz CT molecular complexity index is 1250. The topological polar surface area (TPSA) is 78.9 Å². The van der Waals surface area contributed by atoms with Crippen molar-refractivity contribution in [3.05, 3.63) is 60.8 Å². The lowest BCUT2D eigenvalue weighted by molar-refractivity contribution is -0.167. The molecule has 1 atom stereocenters. The van der Waals surface area contributed by atoms with E-state index in [0.717, 1.165) is 89.9 Å². The number of carbonyl (C=O) groups is 3. The minimum Gasteiger partial charge on any atom is -0.462 e. The maximum Gasteiger partial charge on any atom is 0.306 e. The van der Waals surface area contributed by atoms with Crippen molar-refractivity contribution >= 4 is 17.9 Å². The van der Waals surface area contributed by atoms with Crippen LogP contribution in [0.1, 0.15) is 303 Å². The molecule has 6 nitrogen and oxygen atoms in total. The highest BCUT2D eigenvalue weighted by Gasteiger charge is 2.19. The molecule has 1 unspecified atom stereocenters. The molecule has 0 aromatic rings. The molecular formula is C63H112O6. The Hall–Kier alpha value is -2.89. The molecule has 400 valence electrons. The second kappa shape index (κ2) is 57.7. The maximum absolute atomic E-state index is 12.8. The average Bonchev–Trinajstić information content (AvgIpc) is 3.35. The van der Waals surface area contributed by atoms with Gasteiger partial charge in [-0.15, -0.1) is 0 Å². The first-order valence-electron chi connectivity index (χ1n) is 29.8. The number of hydrogen-bond acceptors (Lipinski definition) is 6. The van der Waals surface area contributed by atoms with E-state index in [0.29, 0.717) is 19.3 Å². The van der Waals surface area contributed by atoms with Gasteiger partial charge in [0.25, 0.3) is 0 Å². The number of unbranched alkanes of at least 4 members (excludes halogenated alkanes) is 33. The molecule has 0 spiro atoms. The molecule has 0 rings (SSSR count). The molecule has 6 heteroatoms. The Labute approximate surface area is 428 Å². The van der Waals surface area contributed by atoms with Gasteiger partial charge in [-0.05, 0) is 83.5 Å². The van der Waals surface area contributed by atoms with Crippen molar-refractivity contribution in [2.45, 2.75) is 309 Å². The average molecular weight is 966 g/mol. The molecule has 0 bridgehead atoms. The van der Waals surface area contributed by atoms with E-state index in [4.69, 9.17) is 14.2 Å². The van der Waals surface area contributed by atoms with Gasteiger partial charge in [-0.25, -0.2) is 0 Å². The summed E-state index contributed by atoms with van der Waals surface area (Å²) in [7, 11) is 0. The monoisotopic (exact) mass is 965 g/mol. The molecule has 0 aliphatic heterocycles. The van der Waals surface area contributed by atoms with Gasteiger partial charge in [-0.3, -0.25) is 14.4 Å². The van der Waals surface area contributed by atoms with E-state index in [2.05, 4.69) is 81.5 Å². The highest BCUT2D eigenvalue weighted by molar-refractivity contribution is 5.71. The molecule has 69 heavy (non-hydrogen) atoms. The summed E-state index contributed by atoms with van der Waals surface area (Å²) in [5, 5.41) is 0. The molecule has 0 heterocycles. The number of allylic oxidation sites excluding steroid dienone is 10. The van der Waals surface area contributed by atoms with Crippen LogP contribution in [0, 0.1) is 0 Å². The van der Waals surface area contributed by atoms with Crippen LogP contribution in [0.2, 0.25) is 0 Å². The largest absolute Gasteiger partial charge is 0.462 e. The fourth-order valence-electron chi connectivity index (χ4n) is 8.55. The van der Waals surface area contributed by atoms with Gasteiger partial charge >= 0.3 is 17.9 Å². The van der Waals surface area contributed by atoms with Gasteiger partial charge in [0.15, 0.2) is 6.10 Å². The van der Waals surface area contributed by atoms with E-state index in [1.807, 2.05) is 0 Å². The molecule has 0 fully saturated rings. The summed E-state index contributed by atoms with van der Waals surface area (Å²) < 4.78 is 16.7. The fourth-order valence-corrected chi connectivity index (χ4v) is 8.55. The lowest BCUT2D eigenvalue weighted by Crippen LogP contribution is -2.30. The third-order valence-electron chi connectivity index (χ3n) is 13.0. The van der Waals surface area contributed by atoms with Crippen LogP contribution < -0.4 is 0 Å². The van der Waals surface area contributed by atoms with Crippen LogP contribution >= 0.6 is 0 Å². The Morgan fingerprint density at radius 2 is 0.565 bits per heavy atom. The van der Waals surface area contributed by atoms with Gasteiger partial charge in [-0.1, -0.05) is 261 Å². The molecule has 0 amide bonds. The van der Waals surface area contributed by atoms with Gasteiger partial charge in [0.05, 0.1) is 0 Å². The number of carbonyl (C=O) groups excluding carboxylic acids is 3. The molecular weight excluding hydrogens is 853 g/mol. The van der Waals surface area contributed by atoms with Crippen molar-refractivity contribution in [3.8, 4) is 0 Å². The molecule has 0 saturated carbocycles. The van der Waals surface area contributed by atoms with Gasteiger partial charge in [0.1, 0.15) is 13.2 Å². The molecule has 0 aliphatic rings. The summed E-state index contributed by atoms with van der Waals surface area (Å²) in [4.78, 5) is 37.8. The fraction of sp³-hybridized carbons (Fsp3) is 0.794. The Morgan fingerprint density at radius 1 is 0.304 bits per heavy atom. The Kier molecular flexibility index (Phi) is 55.3. The van der Waals surface area contributed by atoms with Crippen LogP contribution in [0.3, 0.4) is 0 Å². The van der Waals surface area contributed by atoms with Crippen LogP contribution in [-0.4, -0.2) is 37.2 Å². The quantitative estimate of drug-likeness (QED) is 0.0262. The predicted octanol–water partition coefficient (Wildman–Crippen LogP) is 20.0. The van der Waals surface area contributed by atoms with Crippen LogP contribution in [-0.2, 0) is 28.6 Å². The first-order valence-corrected chi connectivity index (χ1v) is 29.8. The highest BCUT2D eigenvalue weighted by atomic mass is 16.6. The highest BCUT2D eigenvalue weighted by Crippen LogP contribution is 2.16. The maximum atomic E-state index is 12.8. The van der Waals surface area contributed by atoms with Gasteiger partial charge in [0, 0.05) is 19.3 Å². The van der Waals surface area contributed by atoms with Gasteiger partial charge in [-0.2, -0.15) is 0 Å². The smallest absolute Gasteiger partial charge is 0.306 e. The summed E-state index contributed by atoms with van der Waals surface area (Å²) in [5.41, 5.74) is 0. The van der Waals surface area contributed by atoms with Crippen LogP contribution in [0.5, 0.6) is 0 Å². The molecule has 0 saturated heterocycles. The summed E-state index contributed by atoms with van der Waals surface area (Å²) in [6, 6.07) is 0. The second-order valence-electron chi connectivity index (χ2n) is 19.9. The minimum atomic E-state index is -0.770. The van der Waals surface area contributed by atoms with E-state index in [1.165, 1.54) is 173 Å². The van der Waals surface area contributed by atoms with Gasteiger partial charge in [0.2, 0.25) is 0 Å². The lowest BCUT2D eigenvalue weighted by atomic mass is 10.0. The Balaban J connectivity index is 4.03. The summed E-state index contributed by atoms with van der Waals surface area (Å²) in [6.07, 6.45) is 72.7. The van der Waals surface area contributed by atoms with E-state index < -0.39 is 6.10 Å². The van der Waals surface area contributed by atoms with Gasteiger partial charge < -0.3 is 14.2 Å². The zero-order chi connectivity index (χ0) is 50.0. The minimum absolute atomic E-state index is 0.0729. The molecule has 0 aliphatic carbocycles. The van der Waals surface area contributed by atoms with E-state index in [-0.39, 0.29) is 31.1 Å². The third-order valence-corrected chi connectivity index (χ3v) is 13.0. The van der Waals surface area contributed by atoms with E-state index in [1.54, 1.807) is 0 Å². The molecule has 0 radical (unpaired) electrons. The number of rotatable bonds is 54. The third kappa shape index (κ3) is 55.9. The zero-order valence-corrected chi connectivity index (χ0v) is 45.8. The van der Waals surface area contributed by atoms with Crippen LogP contribution in [0.4, 0.5) is 0 Å². The van der Waals surface area contributed by atoms with Crippen molar-refractivity contribution in [1.82, 2.24) is 0 Å². The zero-order valence-electron chi connectivity index (χ0n) is 45.8. The molecule has 0 N–H and O–H groups in total. The lowest BCUT2D eigenvalue weighted by Gasteiger charge is -2.18. The first kappa shape index (κ1) is 66.1. The standard InChI is InChI=1S/C63H112O6/c1-4-7-10-13-15-17-19-21-23-25-27-28-29-30-31-32-33-34-36-37-39-41-43-45-47-50-53-56-62(65)68-59-60(58-67-61(64)55-52-49-12-9-6-3)69-63(66)57-54-51-48-46-44-42-40-38-35-26-24-22-20-18-16-14-11-8-5-2/h7,10,15,17,21-24,27-28,60H,4-6,8-9,11-14,16,18-20,25-26,29-59H2,1-3H3/b10-7-,17-15-,23-21-,24-22-,28-27-. The molecule has 0 aromatic carbocycles. The Morgan fingerprint density at radius 3 is 0.899 bits per heavy atom. The number of hydrogen-bond donors (Lipinski definition) is 0.